The van der Waals surface area contributed by atoms with E-state index in [0.717, 1.165) is 69.0 Å². The van der Waals surface area contributed by atoms with Gasteiger partial charge in [0.25, 0.3) is 21.6 Å². The lowest BCUT2D eigenvalue weighted by Crippen LogP contribution is -2.41. The third-order valence-electron chi connectivity index (χ3n) is 12.6. The molecule has 1 aliphatic carbocycles. The van der Waals surface area contributed by atoms with Crippen molar-refractivity contribution in [1.82, 2.24) is 19.6 Å². The molecule has 0 radical (unpaired) electrons. The van der Waals surface area contributed by atoms with Crippen LogP contribution in [0.2, 0.25) is 0 Å². The Balaban J connectivity index is 0.942. The highest BCUT2D eigenvalue weighted by Crippen LogP contribution is 2.46. The predicted molar refractivity (Wildman–Crippen MR) is 229 cm³/mol. The third kappa shape index (κ3) is 8.84. The summed E-state index contributed by atoms with van der Waals surface area (Å²) in [5.41, 5.74) is 4.36. The molecule has 15 heteroatoms. The highest BCUT2D eigenvalue weighted by atomic mass is 32.2. The number of nitro benzene ring substituents is 1. The molecule has 14 nitrogen and oxygen atoms in total. The van der Waals surface area contributed by atoms with Gasteiger partial charge in [0.15, 0.2) is 0 Å². The Morgan fingerprint density at radius 3 is 2.57 bits per heavy atom. The number of sulfonamides is 1. The zero-order valence-electron chi connectivity index (χ0n) is 33.6. The van der Waals surface area contributed by atoms with Crippen LogP contribution in [0.25, 0.3) is 11.0 Å². The molecule has 0 bridgehead atoms. The normalized spacial score (nSPS) is 20.3. The number of aromatic amines is 1. The minimum Gasteiger partial charge on any atom is -0.455 e. The molecular formula is C45H51N7O7S. The fourth-order valence-electron chi connectivity index (χ4n) is 9.26. The summed E-state index contributed by atoms with van der Waals surface area (Å²) in [5.74, 6) is 1.03. The highest BCUT2D eigenvalue weighted by Gasteiger charge is 2.35. The van der Waals surface area contributed by atoms with E-state index in [1.54, 1.807) is 30.6 Å². The first kappa shape index (κ1) is 39.9. The average molecular weight is 834 g/mol. The number of aromatic nitrogens is 2. The topological polar surface area (TPSA) is 172 Å². The van der Waals surface area contributed by atoms with E-state index in [4.69, 9.17) is 9.47 Å². The minimum absolute atomic E-state index is 0.0106. The molecule has 4 fully saturated rings. The van der Waals surface area contributed by atoms with E-state index in [2.05, 4.69) is 54.1 Å². The first-order valence-corrected chi connectivity index (χ1v) is 22.7. The fourth-order valence-corrected chi connectivity index (χ4v) is 10.2. The number of carbonyl (C=O) groups excluding carboxylic acids is 1. The van der Waals surface area contributed by atoms with Crippen LogP contribution in [0, 0.1) is 22.0 Å². The molecule has 2 atom stereocenters. The van der Waals surface area contributed by atoms with Crippen molar-refractivity contribution in [2.75, 3.05) is 56.2 Å². The number of pyridine rings is 1. The predicted octanol–water partition coefficient (Wildman–Crippen LogP) is 8.15. The number of H-pyrrole nitrogens is 1. The van der Waals surface area contributed by atoms with Gasteiger partial charge in [-0.25, -0.2) is 18.1 Å². The number of likely N-dealkylation sites (tertiary alicyclic amines) is 1. The molecule has 2 aromatic heterocycles. The standard InChI is InChI=1S/C45H51N7O7S/c53-45(49-60(56,57)36-12-14-40(42(25-36)52(54)55)47-26-30-16-21-58-22-17-30)39-13-11-34(24-43(39)59-35-23-33-15-18-46-44(33)48-27-35)50-19-3-5-31(28-50)29-51-20-4-8-41(51)38-7-2-1-6-37(38)32-9-10-32/h1-2,6-7,11-15,18,23-25,27,30-32,41,47H,3-5,8-10,16-17,19-22,26,28-29H2,(H,46,48)(H,49,53)/t31-,41-/m0/s1. The number of carbonyl (C=O) groups is 1. The van der Waals surface area contributed by atoms with Crippen LogP contribution < -0.4 is 19.7 Å². The summed E-state index contributed by atoms with van der Waals surface area (Å²) >= 11 is 0. The lowest BCUT2D eigenvalue weighted by Gasteiger charge is -2.38. The smallest absolute Gasteiger partial charge is 0.293 e. The van der Waals surface area contributed by atoms with Crippen molar-refractivity contribution in [3.63, 3.8) is 0 Å². The van der Waals surface area contributed by atoms with Crippen molar-refractivity contribution < 1.29 is 27.6 Å². The van der Waals surface area contributed by atoms with Gasteiger partial charge >= 0.3 is 0 Å². The molecule has 9 rings (SSSR count). The second kappa shape index (κ2) is 17.2. The molecule has 5 aromatic rings. The summed E-state index contributed by atoms with van der Waals surface area (Å²) in [5, 5.41) is 16.0. The third-order valence-corrected chi connectivity index (χ3v) is 13.9. The second-order valence-corrected chi connectivity index (χ2v) is 18.4. The molecule has 3 N–H and O–H groups in total. The number of fused-ring (bicyclic) bond motifs is 1. The lowest BCUT2D eigenvalue weighted by atomic mass is 9.93. The molecule has 3 aliphatic heterocycles. The largest absolute Gasteiger partial charge is 0.455 e. The van der Waals surface area contributed by atoms with E-state index in [1.807, 2.05) is 12.1 Å². The Hall–Kier alpha value is -5.51. The summed E-state index contributed by atoms with van der Waals surface area (Å²) in [7, 11) is -4.54. The van der Waals surface area contributed by atoms with Gasteiger partial charge in [0, 0.05) is 74.8 Å². The van der Waals surface area contributed by atoms with Crippen LogP contribution >= 0.6 is 0 Å². The zero-order chi connectivity index (χ0) is 41.2. The van der Waals surface area contributed by atoms with Gasteiger partial charge < -0.3 is 24.7 Å². The summed E-state index contributed by atoms with van der Waals surface area (Å²) < 4.78 is 41.3. The highest BCUT2D eigenvalue weighted by molar-refractivity contribution is 7.90. The summed E-state index contributed by atoms with van der Waals surface area (Å²) in [6.45, 7) is 5.53. The first-order valence-electron chi connectivity index (χ1n) is 21.2. The molecule has 314 valence electrons. The Bertz CT molecular complexity index is 2480. The molecule has 0 spiro atoms. The number of piperidine rings is 1. The Morgan fingerprint density at radius 2 is 1.75 bits per heavy atom. The molecule has 0 unspecified atom stereocenters. The van der Waals surface area contributed by atoms with Crippen molar-refractivity contribution >= 4 is 44.0 Å². The van der Waals surface area contributed by atoms with E-state index in [1.165, 1.54) is 48.9 Å². The molecule has 5 heterocycles. The maximum absolute atomic E-state index is 14.0. The maximum atomic E-state index is 14.0. The fraction of sp³-hybridized carbons (Fsp3) is 0.422. The van der Waals surface area contributed by atoms with Gasteiger partial charge in [-0.15, -0.1) is 0 Å². The molecule has 60 heavy (non-hydrogen) atoms. The zero-order valence-corrected chi connectivity index (χ0v) is 34.4. The Morgan fingerprint density at radius 1 is 0.933 bits per heavy atom. The number of amides is 1. The van der Waals surface area contributed by atoms with Crippen LogP contribution in [0.1, 0.15) is 84.8 Å². The van der Waals surface area contributed by atoms with Crippen LogP contribution in [-0.4, -0.2) is 80.1 Å². The van der Waals surface area contributed by atoms with E-state index >= 15 is 0 Å². The molecule has 3 saturated heterocycles. The van der Waals surface area contributed by atoms with Gasteiger partial charge in [0.1, 0.15) is 22.8 Å². The van der Waals surface area contributed by atoms with Crippen LogP contribution in [0.15, 0.2) is 90.1 Å². The average Bonchev–Trinajstić information content (AvgIpc) is 3.83. The van der Waals surface area contributed by atoms with Gasteiger partial charge in [-0.2, -0.15) is 0 Å². The molecule has 4 aliphatic rings. The molecule has 1 saturated carbocycles. The van der Waals surface area contributed by atoms with Gasteiger partial charge in [0.2, 0.25) is 0 Å². The number of benzene rings is 3. The van der Waals surface area contributed by atoms with Gasteiger partial charge in [-0.05, 0) is 123 Å². The van der Waals surface area contributed by atoms with Crippen molar-refractivity contribution in [3.05, 3.63) is 112 Å². The Kier molecular flexibility index (Phi) is 11.5. The quantitative estimate of drug-likeness (QED) is 0.0728. The summed E-state index contributed by atoms with van der Waals surface area (Å²) in [6, 6.07) is 21.9. The number of nitrogens with zero attached hydrogens (tertiary/aromatic N) is 4. The Labute approximate surface area is 349 Å². The summed E-state index contributed by atoms with van der Waals surface area (Å²) in [4.78, 5) is 37.5. The van der Waals surface area contributed by atoms with Crippen LogP contribution in [0.4, 0.5) is 17.1 Å². The minimum atomic E-state index is -4.54. The number of rotatable bonds is 14. The second-order valence-electron chi connectivity index (χ2n) is 16.7. The van der Waals surface area contributed by atoms with Crippen LogP contribution in [-0.2, 0) is 14.8 Å². The van der Waals surface area contributed by atoms with Crippen LogP contribution in [0.5, 0.6) is 11.5 Å². The molecular weight excluding hydrogens is 783 g/mol. The van der Waals surface area contributed by atoms with E-state index in [9.17, 15) is 23.3 Å². The maximum Gasteiger partial charge on any atom is 0.293 e. The summed E-state index contributed by atoms with van der Waals surface area (Å²) in [6.07, 6.45) is 12.1. The number of nitro groups is 1. The van der Waals surface area contributed by atoms with Crippen molar-refractivity contribution in [1.29, 1.82) is 0 Å². The lowest BCUT2D eigenvalue weighted by molar-refractivity contribution is -0.384. The van der Waals surface area contributed by atoms with Crippen LogP contribution in [0.3, 0.4) is 0 Å². The number of anilines is 2. The van der Waals surface area contributed by atoms with Crippen molar-refractivity contribution in [3.8, 4) is 11.5 Å². The molecule has 3 aromatic carbocycles. The monoisotopic (exact) mass is 833 g/mol. The van der Waals surface area contributed by atoms with Gasteiger partial charge in [0.05, 0.1) is 21.6 Å². The first-order chi connectivity index (χ1) is 29.2. The van der Waals surface area contributed by atoms with E-state index < -0.39 is 31.4 Å². The van der Waals surface area contributed by atoms with Gasteiger partial charge in [-0.1, -0.05) is 24.3 Å². The van der Waals surface area contributed by atoms with E-state index in [-0.39, 0.29) is 22.9 Å². The molecule has 1 amide bonds. The van der Waals surface area contributed by atoms with Crippen molar-refractivity contribution in [2.45, 2.75) is 68.2 Å². The van der Waals surface area contributed by atoms with Gasteiger partial charge in [-0.3, -0.25) is 19.8 Å². The number of hydrogen-bond acceptors (Lipinski definition) is 11. The SMILES string of the molecule is O=C(NS(=O)(=O)c1ccc(NCC2CCOCC2)c([N+](=O)[O-])c1)c1ccc(N2CCC[C@H](CN3CCC[C@H]3c3ccccc3C3CC3)C2)cc1Oc1cnc2[nH]ccc2c1. The number of hydrogen-bond donors (Lipinski definition) is 3. The van der Waals surface area contributed by atoms with Crippen molar-refractivity contribution in [2.24, 2.45) is 11.8 Å². The van der Waals surface area contributed by atoms with E-state index in [0.29, 0.717) is 49.0 Å². The number of nitrogens with one attached hydrogen (secondary N) is 3. The number of ether oxygens (including phenoxy) is 2.